The molecule has 0 aromatic heterocycles. The van der Waals surface area contributed by atoms with Crippen molar-refractivity contribution in [3.05, 3.63) is 23.8 Å². The lowest BCUT2D eigenvalue weighted by Gasteiger charge is -2.25. The molecule has 2 aliphatic heterocycles. The first-order valence-corrected chi connectivity index (χ1v) is 6.95. The number of ether oxygens (including phenoxy) is 4. The van der Waals surface area contributed by atoms with Crippen LogP contribution in [0, 0.1) is 0 Å². The third-order valence-corrected chi connectivity index (χ3v) is 3.89. The van der Waals surface area contributed by atoms with Gasteiger partial charge in [0.1, 0.15) is 0 Å². The van der Waals surface area contributed by atoms with E-state index in [0.29, 0.717) is 13.4 Å². The van der Waals surface area contributed by atoms with Gasteiger partial charge in [-0.15, -0.1) is 0 Å². The summed E-state index contributed by atoms with van der Waals surface area (Å²) in [5.74, 6) is 1.28. The smallest absolute Gasteiger partial charge is 0.231 e. The molecule has 104 valence electrons. The largest absolute Gasteiger partial charge is 0.454 e. The van der Waals surface area contributed by atoms with Gasteiger partial charge in [-0.3, -0.25) is 0 Å². The van der Waals surface area contributed by atoms with Crippen LogP contribution in [0.2, 0.25) is 0 Å². The number of rotatable bonds is 4. The Hall–Kier alpha value is -1.26. The molecule has 1 atom stereocenters. The molecule has 1 aromatic carbocycles. The van der Waals surface area contributed by atoms with Crippen LogP contribution in [0.1, 0.15) is 32.3 Å². The van der Waals surface area contributed by atoms with E-state index in [4.69, 9.17) is 18.9 Å². The Morgan fingerprint density at radius 1 is 1.16 bits per heavy atom. The molecule has 2 aliphatic rings. The highest BCUT2D eigenvalue weighted by molar-refractivity contribution is 5.44. The van der Waals surface area contributed by atoms with Gasteiger partial charge in [-0.2, -0.15) is 0 Å². The van der Waals surface area contributed by atoms with E-state index < -0.39 is 0 Å². The van der Waals surface area contributed by atoms with E-state index in [1.165, 1.54) is 5.56 Å². The third-order valence-electron chi connectivity index (χ3n) is 3.89. The van der Waals surface area contributed by atoms with E-state index in [-0.39, 0.29) is 11.9 Å². The van der Waals surface area contributed by atoms with Gasteiger partial charge in [0.15, 0.2) is 17.3 Å². The van der Waals surface area contributed by atoms with Crippen molar-refractivity contribution >= 4 is 0 Å². The Morgan fingerprint density at radius 3 is 2.68 bits per heavy atom. The molecule has 4 nitrogen and oxygen atoms in total. The van der Waals surface area contributed by atoms with E-state index in [9.17, 15) is 0 Å². The van der Waals surface area contributed by atoms with Crippen molar-refractivity contribution in [3.63, 3.8) is 0 Å². The van der Waals surface area contributed by atoms with Gasteiger partial charge < -0.3 is 18.9 Å². The molecular formula is C15H20O4. The lowest BCUT2D eigenvalue weighted by atomic mass is 10.1. The van der Waals surface area contributed by atoms with E-state index in [2.05, 4.69) is 19.9 Å². The van der Waals surface area contributed by atoms with Crippen molar-refractivity contribution in [2.24, 2.45) is 0 Å². The second-order valence-electron chi connectivity index (χ2n) is 5.06. The van der Waals surface area contributed by atoms with Gasteiger partial charge in [-0.05, 0) is 30.5 Å². The van der Waals surface area contributed by atoms with Gasteiger partial charge >= 0.3 is 0 Å². The molecule has 0 spiro atoms. The van der Waals surface area contributed by atoms with Crippen LogP contribution in [-0.4, -0.2) is 25.3 Å². The molecule has 4 heteroatoms. The van der Waals surface area contributed by atoms with E-state index in [1.807, 2.05) is 12.1 Å². The monoisotopic (exact) mass is 264 g/mol. The van der Waals surface area contributed by atoms with Crippen LogP contribution in [-0.2, 0) is 15.9 Å². The predicted molar refractivity (Wildman–Crippen MR) is 70.4 cm³/mol. The lowest BCUT2D eigenvalue weighted by molar-refractivity contribution is -0.171. The maximum absolute atomic E-state index is 6.08. The highest BCUT2D eigenvalue weighted by atomic mass is 16.7. The predicted octanol–water partition coefficient (Wildman–Crippen LogP) is 2.89. The fourth-order valence-corrected chi connectivity index (χ4v) is 2.67. The van der Waals surface area contributed by atoms with E-state index in [0.717, 1.165) is 30.8 Å². The van der Waals surface area contributed by atoms with Crippen molar-refractivity contribution in [1.29, 1.82) is 0 Å². The summed E-state index contributed by atoms with van der Waals surface area (Å²) in [6.45, 7) is 5.19. The normalized spacial score (nSPS) is 23.8. The average Bonchev–Trinajstić information content (AvgIpc) is 3.05. The van der Waals surface area contributed by atoms with E-state index in [1.54, 1.807) is 0 Å². The first kappa shape index (κ1) is 12.8. The number of fused-ring (bicyclic) bond motifs is 1. The molecule has 2 heterocycles. The van der Waals surface area contributed by atoms with Crippen LogP contribution in [0.4, 0.5) is 0 Å². The van der Waals surface area contributed by atoms with Gasteiger partial charge in [0.25, 0.3) is 0 Å². The van der Waals surface area contributed by atoms with Crippen LogP contribution < -0.4 is 9.47 Å². The summed E-state index contributed by atoms with van der Waals surface area (Å²) in [7, 11) is 0. The maximum atomic E-state index is 6.08. The molecule has 0 saturated carbocycles. The van der Waals surface area contributed by atoms with Crippen LogP contribution in [0.25, 0.3) is 0 Å². The number of benzene rings is 1. The fourth-order valence-electron chi connectivity index (χ4n) is 2.67. The molecule has 0 bridgehead atoms. The summed E-state index contributed by atoms with van der Waals surface area (Å²) >= 11 is 0. The van der Waals surface area contributed by atoms with Crippen molar-refractivity contribution in [3.8, 4) is 11.5 Å². The Labute approximate surface area is 113 Å². The molecule has 1 fully saturated rings. The quantitative estimate of drug-likeness (QED) is 0.838. The Balaban J connectivity index is 1.66. The molecular weight excluding hydrogens is 244 g/mol. The SMILES string of the molecule is CCC1(CC)OCC(Cc2ccc3c(c2)OCO3)O1. The minimum Gasteiger partial charge on any atom is -0.454 e. The highest BCUT2D eigenvalue weighted by Crippen LogP contribution is 2.35. The Bertz CT molecular complexity index is 453. The highest BCUT2D eigenvalue weighted by Gasteiger charge is 2.38. The van der Waals surface area contributed by atoms with E-state index >= 15 is 0 Å². The first-order chi connectivity index (χ1) is 9.24. The summed E-state index contributed by atoms with van der Waals surface area (Å²) in [5, 5.41) is 0. The van der Waals surface area contributed by atoms with Crippen molar-refractivity contribution in [2.75, 3.05) is 13.4 Å². The van der Waals surface area contributed by atoms with Crippen molar-refractivity contribution in [2.45, 2.75) is 45.0 Å². The molecule has 3 rings (SSSR count). The molecule has 1 unspecified atom stereocenters. The summed E-state index contributed by atoms with van der Waals surface area (Å²) in [6.07, 6.45) is 2.75. The zero-order valence-electron chi connectivity index (χ0n) is 11.5. The summed E-state index contributed by atoms with van der Waals surface area (Å²) in [5.41, 5.74) is 1.20. The standard InChI is InChI=1S/C15H20O4/c1-3-15(4-2)18-9-12(19-15)7-11-5-6-13-14(8-11)17-10-16-13/h5-6,8,12H,3-4,7,9-10H2,1-2H3. The summed E-state index contributed by atoms with van der Waals surface area (Å²) in [6, 6.07) is 6.05. The van der Waals surface area contributed by atoms with Gasteiger partial charge in [-0.1, -0.05) is 19.9 Å². The second kappa shape index (κ2) is 5.02. The lowest BCUT2D eigenvalue weighted by Crippen LogP contribution is -2.29. The molecule has 0 aliphatic carbocycles. The molecule has 0 N–H and O–H groups in total. The average molecular weight is 264 g/mol. The van der Waals surface area contributed by atoms with Crippen LogP contribution in [0.5, 0.6) is 11.5 Å². The van der Waals surface area contributed by atoms with Crippen LogP contribution >= 0.6 is 0 Å². The summed E-state index contributed by atoms with van der Waals surface area (Å²) < 4.78 is 22.6. The number of hydrogen-bond acceptors (Lipinski definition) is 4. The van der Waals surface area contributed by atoms with Gasteiger partial charge in [-0.25, -0.2) is 0 Å². The minimum absolute atomic E-state index is 0.125. The zero-order valence-corrected chi connectivity index (χ0v) is 11.5. The molecule has 0 amide bonds. The van der Waals surface area contributed by atoms with Crippen LogP contribution in [0.15, 0.2) is 18.2 Å². The second-order valence-corrected chi connectivity index (χ2v) is 5.06. The Kier molecular flexibility index (Phi) is 3.37. The molecule has 1 saturated heterocycles. The molecule has 0 radical (unpaired) electrons. The van der Waals surface area contributed by atoms with Gasteiger partial charge in [0.2, 0.25) is 6.79 Å². The summed E-state index contributed by atoms with van der Waals surface area (Å²) in [4.78, 5) is 0. The minimum atomic E-state index is -0.374. The fraction of sp³-hybridized carbons (Fsp3) is 0.600. The van der Waals surface area contributed by atoms with Gasteiger partial charge in [0, 0.05) is 6.42 Å². The maximum Gasteiger partial charge on any atom is 0.231 e. The van der Waals surface area contributed by atoms with Crippen molar-refractivity contribution < 1.29 is 18.9 Å². The molecule has 1 aromatic rings. The molecule has 19 heavy (non-hydrogen) atoms. The third kappa shape index (κ3) is 2.42. The van der Waals surface area contributed by atoms with Gasteiger partial charge in [0.05, 0.1) is 12.7 Å². The first-order valence-electron chi connectivity index (χ1n) is 6.95. The Morgan fingerprint density at radius 2 is 1.95 bits per heavy atom. The van der Waals surface area contributed by atoms with Crippen LogP contribution in [0.3, 0.4) is 0 Å². The van der Waals surface area contributed by atoms with Crippen molar-refractivity contribution in [1.82, 2.24) is 0 Å². The topological polar surface area (TPSA) is 36.9 Å². The number of hydrogen-bond donors (Lipinski definition) is 0. The zero-order chi connectivity index (χ0) is 13.3.